The van der Waals surface area contributed by atoms with E-state index in [0.717, 1.165) is 36.9 Å². The van der Waals surface area contributed by atoms with Crippen molar-refractivity contribution in [2.24, 2.45) is 5.92 Å². The summed E-state index contributed by atoms with van der Waals surface area (Å²) in [5.41, 5.74) is 0.817. The first kappa shape index (κ1) is 9.73. The van der Waals surface area contributed by atoms with Crippen molar-refractivity contribution in [3.05, 3.63) is 35.8 Å². The number of hydrogen-bond acceptors (Lipinski definition) is 3. The van der Waals surface area contributed by atoms with Crippen molar-refractivity contribution in [3.8, 4) is 0 Å². The number of hydrogen-bond donors (Lipinski definition) is 0. The van der Waals surface area contributed by atoms with Crippen LogP contribution in [0.1, 0.15) is 25.0 Å². The van der Waals surface area contributed by atoms with Gasteiger partial charge < -0.3 is 4.42 Å². The molecule has 1 saturated heterocycles. The van der Waals surface area contributed by atoms with Crippen LogP contribution in [0.3, 0.4) is 0 Å². The third-order valence-corrected chi connectivity index (χ3v) is 3.17. The number of Topliss-reactive ketones (excluding diaryl/α,β-unsaturated/α-hetero) is 1. The molecule has 3 nitrogen and oxygen atoms in total. The molecule has 1 unspecified atom stereocenters. The average molecular weight is 217 g/mol. The molecule has 1 aliphatic carbocycles. The van der Waals surface area contributed by atoms with Crippen molar-refractivity contribution in [2.75, 3.05) is 6.61 Å². The van der Waals surface area contributed by atoms with Crippen LogP contribution in [0.4, 0.5) is 0 Å². The van der Waals surface area contributed by atoms with Crippen molar-refractivity contribution in [1.82, 2.24) is 0 Å². The smallest absolute Gasteiger partial charge is 0.256 e. The summed E-state index contributed by atoms with van der Waals surface area (Å²) < 4.78 is 10.8. The van der Waals surface area contributed by atoms with Crippen LogP contribution in [0.25, 0.3) is 6.08 Å². The minimum atomic E-state index is 0.00922. The van der Waals surface area contributed by atoms with Gasteiger partial charge in [0, 0.05) is 6.42 Å². The van der Waals surface area contributed by atoms with E-state index < -0.39 is 0 Å². The summed E-state index contributed by atoms with van der Waals surface area (Å²) in [6, 6.07) is 3.68. The molecule has 82 valence electrons. The zero-order valence-electron chi connectivity index (χ0n) is 8.94. The highest BCUT2D eigenvalue weighted by Crippen LogP contribution is 2.41. The molecule has 1 saturated carbocycles. The monoisotopic (exact) mass is 217 g/mol. The number of carbonyl (C=O) groups is 1. The fraction of sp³-hybridized carbons (Fsp3) is 0.385. The minimum absolute atomic E-state index is 0.00922. The maximum atomic E-state index is 12.1. The Hall–Kier alpha value is -1.48. The lowest BCUT2D eigenvalue weighted by Crippen LogP contribution is -2.21. The standard InChI is InChI=1S/C13H13O3/c14-13-9(7-10-3-1-5-15-10)8-12-11(13)4-2-6-16-12/h1,3,5,7,11H,2,4,6,8H2/q+1/b9-7+. The van der Waals surface area contributed by atoms with Crippen molar-refractivity contribution in [3.63, 3.8) is 0 Å². The Kier molecular flexibility index (Phi) is 2.33. The van der Waals surface area contributed by atoms with E-state index >= 15 is 0 Å². The lowest BCUT2D eigenvalue weighted by atomic mass is 9.96. The van der Waals surface area contributed by atoms with Gasteiger partial charge in [0.25, 0.3) is 6.10 Å². The molecule has 1 aromatic heterocycles. The molecule has 1 aromatic rings. The van der Waals surface area contributed by atoms with Gasteiger partial charge >= 0.3 is 0 Å². The Balaban J connectivity index is 1.85. The van der Waals surface area contributed by atoms with Gasteiger partial charge in [-0.15, -0.1) is 0 Å². The van der Waals surface area contributed by atoms with Crippen LogP contribution in [0.15, 0.2) is 28.4 Å². The highest BCUT2D eigenvalue weighted by atomic mass is 16.5. The van der Waals surface area contributed by atoms with E-state index in [9.17, 15) is 4.79 Å². The number of ether oxygens (including phenoxy) is 1. The summed E-state index contributed by atoms with van der Waals surface area (Å²) in [7, 11) is 0. The normalized spacial score (nSPS) is 27.5. The number of carbonyl (C=O) groups excluding carboxylic acids is 1. The molecular weight excluding hydrogens is 204 g/mol. The Morgan fingerprint density at radius 2 is 2.44 bits per heavy atom. The maximum Gasteiger partial charge on any atom is 0.256 e. The molecule has 0 N–H and O–H groups in total. The Morgan fingerprint density at radius 1 is 1.50 bits per heavy atom. The Bertz CT molecular complexity index is 416. The summed E-state index contributed by atoms with van der Waals surface area (Å²) >= 11 is 0. The van der Waals surface area contributed by atoms with Gasteiger partial charge in [-0.25, -0.2) is 0 Å². The molecule has 1 atom stereocenters. The molecule has 1 aliphatic heterocycles. The van der Waals surface area contributed by atoms with Crippen LogP contribution in [0, 0.1) is 12.0 Å². The molecule has 2 aliphatic rings. The molecule has 0 radical (unpaired) electrons. The maximum absolute atomic E-state index is 12.1. The number of fused-ring (bicyclic) bond motifs is 1. The molecule has 2 heterocycles. The first-order valence-corrected chi connectivity index (χ1v) is 5.61. The molecule has 3 rings (SSSR count). The van der Waals surface area contributed by atoms with Crippen LogP contribution in [-0.4, -0.2) is 12.4 Å². The van der Waals surface area contributed by atoms with Crippen LogP contribution in [0.2, 0.25) is 0 Å². The second-order valence-electron chi connectivity index (χ2n) is 4.24. The van der Waals surface area contributed by atoms with Crippen molar-refractivity contribution in [1.29, 1.82) is 0 Å². The van der Waals surface area contributed by atoms with Gasteiger partial charge in [-0.2, -0.15) is 4.74 Å². The molecule has 2 fully saturated rings. The molecule has 0 spiro atoms. The second kappa shape index (κ2) is 3.83. The lowest BCUT2D eigenvalue weighted by Gasteiger charge is -2.11. The number of ketones is 1. The van der Waals surface area contributed by atoms with E-state index in [1.165, 1.54) is 0 Å². The summed E-state index contributed by atoms with van der Waals surface area (Å²) in [6.45, 7) is 0.757. The van der Waals surface area contributed by atoms with E-state index in [-0.39, 0.29) is 11.7 Å². The van der Waals surface area contributed by atoms with E-state index in [1.54, 1.807) is 6.26 Å². The Morgan fingerprint density at radius 3 is 3.19 bits per heavy atom. The van der Waals surface area contributed by atoms with E-state index in [4.69, 9.17) is 9.15 Å². The molecular formula is C13H13O3+. The summed E-state index contributed by atoms with van der Waals surface area (Å²) in [4.78, 5) is 12.1. The summed E-state index contributed by atoms with van der Waals surface area (Å²) in [5.74, 6) is 0.962. The SMILES string of the molecule is O=C1/C(=C/c2ccco2)C[C+]2OCCCC12. The topological polar surface area (TPSA) is 39.4 Å². The van der Waals surface area contributed by atoms with Crippen molar-refractivity contribution < 1.29 is 13.9 Å². The fourth-order valence-electron chi connectivity index (χ4n) is 2.37. The zero-order valence-corrected chi connectivity index (χ0v) is 8.94. The first-order chi connectivity index (χ1) is 7.84. The fourth-order valence-corrected chi connectivity index (χ4v) is 2.37. The van der Waals surface area contributed by atoms with Gasteiger partial charge in [-0.3, -0.25) is 4.79 Å². The minimum Gasteiger partial charge on any atom is -0.465 e. The van der Waals surface area contributed by atoms with Crippen LogP contribution in [-0.2, 0) is 9.53 Å². The van der Waals surface area contributed by atoms with Gasteiger partial charge in [-0.05, 0) is 24.6 Å². The first-order valence-electron chi connectivity index (χ1n) is 5.61. The average Bonchev–Trinajstić information content (AvgIpc) is 2.90. The van der Waals surface area contributed by atoms with Gasteiger partial charge in [-0.1, -0.05) is 0 Å². The van der Waals surface area contributed by atoms with E-state index in [2.05, 4.69) is 0 Å². The van der Waals surface area contributed by atoms with Gasteiger partial charge in [0.2, 0.25) is 5.78 Å². The van der Waals surface area contributed by atoms with Crippen LogP contribution >= 0.6 is 0 Å². The highest BCUT2D eigenvalue weighted by molar-refractivity contribution is 6.04. The second-order valence-corrected chi connectivity index (χ2v) is 4.24. The van der Waals surface area contributed by atoms with E-state index in [1.807, 2.05) is 18.2 Å². The van der Waals surface area contributed by atoms with Gasteiger partial charge in [0.1, 0.15) is 5.76 Å². The van der Waals surface area contributed by atoms with Gasteiger partial charge in [0.15, 0.2) is 12.3 Å². The van der Waals surface area contributed by atoms with E-state index in [0.29, 0.717) is 6.42 Å². The van der Waals surface area contributed by atoms with Crippen molar-refractivity contribution in [2.45, 2.75) is 19.3 Å². The largest absolute Gasteiger partial charge is 0.465 e. The van der Waals surface area contributed by atoms with Crippen LogP contribution in [0.5, 0.6) is 0 Å². The Labute approximate surface area is 94.1 Å². The lowest BCUT2D eigenvalue weighted by molar-refractivity contribution is -0.119. The number of rotatable bonds is 1. The summed E-state index contributed by atoms with van der Waals surface area (Å²) in [6.07, 6.45) is 6.97. The van der Waals surface area contributed by atoms with Crippen LogP contribution < -0.4 is 0 Å². The highest BCUT2D eigenvalue weighted by Gasteiger charge is 2.51. The predicted octanol–water partition coefficient (Wildman–Crippen LogP) is 2.59. The number of furan rings is 1. The molecule has 0 amide bonds. The molecule has 3 heteroatoms. The third kappa shape index (κ3) is 1.57. The quantitative estimate of drug-likeness (QED) is 0.536. The molecule has 0 aromatic carbocycles. The van der Waals surface area contributed by atoms with Crippen molar-refractivity contribution >= 4 is 11.9 Å². The zero-order chi connectivity index (χ0) is 11.0. The summed E-state index contributed by atoms with van der Waals surface area (Å²) in [5, 5.41) is 0. The molecule has 16 heavy (non-hydrogen) atoms. The predicted molar refractivity (Wildman–Crippen MR) is 58.2 cm³/mol. The molecule has 0 bridgehead atoms. The van der Waals surface area contributed by atoms with Gasteiger partial charge in [0.05, 0.1) is 18.4 Å². The third-order valence-electron chi connectivity index (χ3n) is 3.17.